The molecule has 1 unspecified atom stereocenters. The highest BCUT2D eigenvalue weighted by molar-refractivity contribution is 7.15. The molecule has 19 heavy (non-hydrogen) atoms. The molecule has 0 fully saturated rings. The minimum absolute atomic E-state index is 0.601. The standard InChI is InChI=1S/C16H20N2S/c1-11-6-8-12(9-7-11)16-18-15-13(10-17-2)4-3-5-14(15)19-16/h6-9,13,17H,3-5,10H2,1-2H3. The van der Waals surface area contributed by atoms with Crippen LogP contribution in [0.25, 0.3) is 10.6 Å². The van der Waals surface area contributed by atoms with E-state index in [2.05, 4.69) is 36.5 Å². The zero-order valence-electron chi connectivity index (χ0n) is 11.6. The van der Waals surface area contributed by atoms with Crippen molar-refractivity contribution in [2.24, 2.45) is 0 Å². The fraction of sp³-hybridized carbons (Fsp3) is 0.438. The van der Waals surface area contributed by atoms with Gasteiger partial charge in [-0.15, -0.1) is 11.3 Å². The first kappa shape index (κ1) is 12.8. The highest BCUT2D eigenvalue weighted by Crippen LogP contribution is 2.37. The van der Waals surface area contributed by atoms with Gasteiger partial charge in [-0.05, 0) is 33.2 Å². The predicted molar refractivity (Wildman–Crippen MR) is 81.9 cm³/mol. The highest BCUT2D eigenvalue weighted by Gasteiger charge is 2.24. The van der Waals surface area contributed by atoms with Gasteiger partial charge in [-0.2, -0.15) is 0 Å². The van der Waals surface area contributed by atoms with Crippen molar-refractivity contribution in [1.82, 2.24) is 10.3 Å². The molecule has 1 heterocycles. The summed E-state index contributed by atoms with van der Waals surface area (Å²) in [5.41, 5.74) is 3.91. The summed E-state index contributed by atoms with van der Waals surface area (Å²) in [4.78, 5) is 6.43. The van der Waals surface area contributed by atoms with Crippen LogP contribution in [0.4, 0.5) is 0 Å². The molecule has 0 amide bonds. The summed E-state index contributed by atoms with van der Waals surface area (Å²) in [5, 5.41) is 4.49. The van der Waals surface area contributed by atoms with E-state index >= 15 is 0 Å². The number of fused-ring (bicyclic) bond motifs is 1. The van der Waals surface area contributed by atoms with Crippen LogP contribution >= 0.6 is 11.3 Å². The maximum Gasteiger partial charge on any atom is 0.123 e. The molecule has 1 aliphatic rings. The number of nitrogens with one attached hydrogen (secondary N) is 1. The summed E-state index contributed by atoms with van der Waals surface area (Å²) in [7, 11) is 2.03. The second-order valence-corrected chi connectivity index (χ2v) is 6.42. The molecule has 3 rings (SSSR count). The van der Waals surface area contributed by atoms with E-state index in [4.69, 9.17) is 4.98 Å². The van der Waals surface area contributed by atoms with E-state index in [-0.39, 0.29) is 0 Å². The van der Waals surface area contributed by atoms with Gasteiger partial charge in [-0.3, -0.25) is 0 Å². The number of hydrogen-bond donors (Lipinski definition) is 1. The van der Waals surface area contributed by atoms with Crippen molar-refractivity contribution in [3.8, 4) is 10.6 Å². The van der Waals surface area contributed by atoms with Gasteiger partial charge in [0.25, 0.3) is 0 Å². The van der Waals surface area contributed by atoms with Crippen LogP contribution in [-0.4, -0.2) is 18.6 Å². The van der Waals surface area contributed by atoms with Crippen LogP contribution in [0.5, 0.6) is 0 Å². The van der Waals surface area contributed by atoms with Crippen LogP contribution in [0.1, 0.15) is 34.9 Å². The van der Waals surface area contributed by atoms with Crippen molar-refractivity contribution in [3.63, 3.8) is 0 Å². The van der Waals surface area contributed by atoms with E-state index in [0.717, 1.165) is 6.54 Å². The third kappa shape index (κ3) is 2.58. The Morgan fingerprint density at radius 1 is 1.32 bits per heavy atom. The Hall–Kier alpha value is -1.19. The largest absolute Gasteiger partial charge is 0.319 e. The maximum atomic E-state index is 4.93. The van der Waals surface area contributed by atoms with Gasteiger partial charge in [0.1, 0.15) is 5.01 Å². The van der Waals surface area contributed by atoms with Crippen molar-refractivity contribution in [2.45, 2.75) is 32.1 Å². The molecule has 0 saturated heterocycles. The van der Waals surface area contributed by atoms with E-state index in [1.54, 1.807) is 0 Å². The molecule has 1 N–H and O–H groups in total. The fourth-order valence-corrected chi connectivity index (χ4v) is 3.97. The van der Waals surface area contributed by atoms with Gasteiger partial charge in [-0.1, -0.05) is 29.8 Å². The quantitative estimate of drug-likeness (QED) is 0.920. The number of nitrogens with zero attached hydrogens (tertiary/aromatic N) is 1. The summed E-state index contributed by atoms with van der Waals surface area (Å²) in [6, 6.07) is 8.71. The third-order valence-corrected chi connectivity index (χ3v) is 5.00. The first-order valence-electron chi connectivity index (χ1n) is 6.99. The average molecular weight is 272 g/mol. The number of benzene rings is 1. The molecule has 1 aromatic carbocycles. The summed E-state index contributed by atoms with van der Waals surface area (Å²) < 4.78 is 0. The van der Waals surface area contributed by atoms with Crippen LogP contribution in [0.15, 0.2) is 24.3 Å². The SMILES string of the molecule is CNCC1CCCc2sc(-c3ccc(C)cc3)nc21. The number of hydrogen-bond acceptors (Lipinski definition) is 3. The average Bonchev–Trinajstić information content (AvgIpc) is 2.85. The first-order chi connectivity index (χ1) is 9.28. The summed E-state index contributed by atoms with van der Waals surface area (Å²) in [5.74, 6) is 0.601. The molecule has 1 atom stereocenters. The van der Waals surface area contributed by atoms with Crippen molar-refractivity contribution < 1.29 is 0 Å². The molecular formula is C16H20N2S. The summed E-state index contributed by atoms with van der Waals surface area (Å²) in [6.45, 7) is 3.17. The first-order valence-corrected chi connectivity index (χ1v) is 7.81. The van der Waals surface area contributed by atoms with Crippen molar-refractivity contribution in [3.05, 3.63) is 40.4 Å². The summed E-state index contributed by atoms with van der Waals surface area (Å²) in [6.07, 6.45) is 3.78. The van der Waals surface area contributed by atoms with Gasteiger partial charge in [0.15, 0.2) is 0 Å². The number of likely N-dealkylation sites (N-methyl/N-ethyl adjacent to an activating group) is 1. The maximum absolute atomic E-state index is 4.93. The molecule has 3 heteroatoms. The van der Waals surface area contributed by atoms with Gasteiger partial charge in [-0.25, -0.2) is 4.98 Å². The van der Waals surface area contributed by atoms with Crippen LogP contribution in [0.2, 0.25) is 0 Å². The fourth-order valence-electron chi connectivity index (χ4n) is 2.77. The predicted octanol–water partition coefficient (Wildman–Crippen LogP) is 3.76. The van der Waals surface area contributed by atoms with Gasteiger partial charge in [0.2, 0.25) is 0 Å². The molecular weight excluding hydrogens is 252 g/mol. The molecule has 0 saturated carbocycles. The van der Waals surface area contributed by atoms with E-state index in [0.29, 0.717) is 5.92 Å². The molecule has 2 aromatic rings. The monoisotopic (exact) mass is 272 g/mol. The van der Waals surface area contributed by atoms with Gasteiger partial charge >= 0.3 is 0 Å². The molecule has 1 aliphatic carbocycles. The highest BCUT2D eigenvalue weighted by atomic mass is 32.1. The van der Waals surface area contributed by atoms with Gasteiger partial charge in [0.05, 0.1) is 5.69 Å². The third-order valence-electron chi connectivity index (χ3n) is 3.82. The lowest BCUT2D eigenvalue weighted by Gasteiger charge is -2.20. The lowest BCUT2D eigenvalue weighted by atomic mass is 9.91. The Labute approximate surface area is 118 Å². The smallest absolute Gasteiger partial charge is 0.123 e. The molecule has 0 radical (unpaired) electrons. The van der Waals surface area contributed by atoms with Gasteiger partial charge in [0, 0.05) is 22.9 Å². The van der Waals surface area contributed by atoms with Gasteiger partial charge < -0.3 is 5.32 Å². The minimum Gasteiger partial charge on any atom is -0.319 e. The second-order valence-electron chi connectivity index (χ2n) is 5.34. The summed E-state index contributed by atoms with van der Waals surface area (Å²) >= 11 is 1.89. The van der Waals surface area contributed by atoms with Crippen molar-refractivity contribution >= 4 is 11.3 Å². The lowest BCUT2D eigenvalue weighted by Crippen LogP contribution is -2.20. The van der Waals surface area contributed by atoms with Crippen LogP contribution in [0, 0.1) is 6.92 Å². The van der Waals surface area contributed by atoms with Crippen molar-refractivity contribution in [2.75, 3.05) is 13.6 Å². The number of rotatable bonds is 3. The van der Waals surface area contributed by atoms with Crippen LogP contribution in [0.3, 0.4) is 0 Å². The Balaban J connectivity index is 1.95. The number of aryl methyl sites for hydroxylation is 2. The van der Waals surface area contributed by atoms with Crippen LogP contribution < -0.4 is 5.32 Å². The molecule has 100 valence electrons. The Morgan fingerprint density at radius 3 is 2.84 bits per heavy atom. The van der Waals surface area contributed by atoms with E-state index < -0.39 is 0 Å². The molecule has 2 nitrogen and oxygen atoms in total. The lowest BCUT2D eigenvalue weighted by molar-refractivity contribution is 0.523. The minimum atomic E-state index is 0.601. The molecule has 0 bridgehead atoms. The Kier molecular flexibility index (Phi) is 3.67. The van der Waals surface area contributed by atoms with E-state index in [1.165, 1.54) is 46.0 Å². The second kappa shape index (κ2) is 5.43. The van der Waals surface area contributed by atoms with E-state index in [1.807, 2.05) is 18.4 Å². The molecule has 0 aliphatic heterocycles. The molecule has 1 aromatic heterocycles. The zero-order valence-corrected chi connectivity index (χ0v) is 12.4. The number of thiazole rings is 1. The molecule has 0 spiro atoms. The Bertz CT molecular complexity index is 557. The van der Waals surface area contributed by atoms with Crippen LogP contribution in [-0.2, 0) is 6.42 Å². The van der Waals surface area contributed by atoms with Crippen molar-refractivity contribution in [1.29, 1.82) is 0 Å². The van der Waals surface area contributed by atoms with E-state index in [9.17, 15) is 0 Å². The number of aromatic nitrogens is 1. The Morgan fingerprint density at radius 2 is 2.11 bits per heavy atom. The zero-order chi connectivity index (χ0) is 13.2. The topological polar surface area (TPSA) is 24.9 Å². The normalized spacial score (nSPS) is 18.3.